The molecule has 1 aliphatic rings. The monoisotopic (exact) mass is 336 g/mol. The lowest BCUT2D eigenvalue weighted by Crippen LogP contribution is -2.57. The van der Waals surface area contributed by atoms with Gasteiger partial charge in [0.1, 0.15) is 5.82 Å². The fourth-order valence-corrected chi connectivity index (χ4v) is 3.53. The molecule has 0 aromatic carbocycles. The third kappa shape index (κ3) is 2.98. The van der Waals surface area contributed by atoms with Crippen LogP contribution in [-0.2, 0) is 6.42 Å². The van der Waals surface area contributed by atoms with E-state index in [0.29, 0.717) is 0 Å². The van der Waals surface area contributed by atoms with Crippen molar-refractivity contribution in [3.05, 3.63) is 42.4 Å². The first kappa shape index (κ1) is 16.0. The highest BCUT2D eigenvalue weighted by atomic mass is 15.4. The van der Waals surface area contributed by atoms with Crippen LogP contribution in [0.2, 0.25) is 0 Å². The molecule has 1 saturated heterocycles. The summed E-state index contributed by atoms with van der Waals surface area (Å²) in [5, 5.41) is 8.47. The first-order chi connectivity index (χ1) is 12.1. The van der Waals surface area contributed by atoms with Crippen LogP contribution < -0.4 is 10.2 Å². The topological polar surface area (TPSA) is 58.4 Å². The Morgan fingerprint density at radius 3 is 2.68 bits per heavy atom. The van der Waals surface area contributed by atoms with Crippen LogP contribution in [0.5, 0.6) is 0 Å². The van der Waals surface area contributed by atoms with E-state index in [0.717, 1.165) is 54.5 Å². The number of nitrogens with one attached hydrogen (secondary N) is 1. The van der Waals surface area contributed by atoms with E-state index >= 15 is 0 Å². The molecule has 0 unspecified atom stereocenters. The summed E-state index contributed by atoms with van der Waals surface area (Å²) in [6.07, 6.45) is 4.49. The molecular formula is C19H24N6. The zero-order valence-electron chi connectivity index (χ0n) is 15.0. The van der Waals surface area contributed by atoms with E-state index in [1.807, 2.05) is 16.6 Å². The van der Waals surface area contributed by atoms with Crippen LogP contribution in [0, 0.1) is 0 Å². The van der Waals surface area contributed by atoms with Crippen molar-refractivity contribution in [1.82, 2.24) is 24.9 Å². The van der Waals surface area contributed by atoms with Gasteiger partial charge in [-0.2, -0.15) is 0 Å². The third-order valence-electron chi connectivity index (χ3n) is 4.74. The van der Waals surface area contributed by atoms with Crippen molar-refractivity contribution >= 4 is 11.5 Å². The Labute approximate surface area is 147 Å². The zero-order chi connectivity index (χ0) is 17.4. The fourth-order valence-electron chi connectivity index (χ4n) is 3.53. The summed E-state index contributed by atoms with van der Waals surface area (Å²) in [4.78, 5) is 11.3. The van der Waals surface area contributed by atoms with Gasteiger partial charge in [0, 0.05) is 43.1 Å². The maximum absolute atomic E-state index is 4.92. The van der Waals surface area contributed by atoms with Gasteiger partial charge in [-0.1, -0.05) is 6.92 Å². The van der Waals surface area contributed by atoms with Crippen molar-refractivity contribution in [3.8, 4) is 11.3 Å². The average Bonchev–Trinajstić information content (AvgIpc) is 2.99. The van der Waals surface area contributed by atoms with Gasteiger partial charge in [-0.25, -0.2) is 9.50 Å². The SMILES string of the molecule is CCc1c(-c2ccncc2)nc2ccc(N3CCNC(C)(C)C3)nn12. The normalized spacial score (nSPS) is 17.2. The number of piperazine rings is 1. The lowest BCUT2D eigenvalue weighted by molar-refractivity contribution is 0.351. The molecule has 6 heteroatoms. The molecule has 1 aliphatic heterocycles. The average molecular weight is 336 g/mol. The predicted molar refractivity (Wildman–Crippen MR) is 99.9 cm³/mol. The van der Waals surface area contributed by atoms with Crippen LogP contribution in [0.25, 0.3) is 16.9 Å². The molecule has 4 heterocycles. The van der Waals surface area contributed by atoms with Gasteiger partial charge in [-0.3, -0.25) is 4.98 Å². The summed E-state index contributed by atoms with van der Waals surface area (Å²) in [5.74, 6) is 1.01. The second-order valence-corrected chi connectivity index (χ2v) is 7.19. The quantitative estimate of drug-likeness (QED) is 0.796. The fraction of sp³-hybridized carbons (Fsp3) is 0.421. The van der Waals surface area contributed by atoms with Crippen LogP contribution in [0.15, 0.2) is 36.7 Å². The Hall–Kier alpha value is -2.47. The van der Waals surface area contributed by atoms with Crippen molar-refractivity contribution < 1.29 is 0 Å². The molecule has 0 radical (unpaired) electrons. The molecule has 25 heavy (non-hydrogen) atoms. The Morgan fingerprint density at radius 1 is 1.16 bits per heavy atom. The Bertz CT molecular complexity index is 884. The summed E-state index contributed by atoms with van der Waals surface area (Å²) < 4.78 is 2.00. The number of aryl methyl sites for hydroxylation is 1. The van der Waals surface area contributed by atoms with E-state index < -0.39 is 0 Å². The summed E-state index contributed by atoms with van der Waals surface area (Å²) in [7, 11) is 0. The van der Waals surface area contributed by atoms with Crippen molar-refractivity contribution in [2.75, 3.05) is 24.5 Å². The number of pyridine rings is 1. The van der Waals surface area contributed by atoms with Gasteiger partial charge in [0.2, 0.25) is 0 Å². The van der Waals surface area contributed by atoms with Gasteiger partial charge in [0.05, 0.1) is 11.4 Å². The summed E-state index contributed by atoms with van der Waals surface area (Å²) in [6, 6.07) is 8.15. The van der Waals surface area contributed by atoms with Crippen LogP contribution in [-0.4, -0.2) is 44.8 Å². The minimum Gasteiger partial charge on any atom is -0.352 e. The predicted octanol–water partition coefficient (Wildman–Crippen LogP) is 2.54. The number of aromatic nitrogens is 4. The van der Waals surface area contributed by atoms with E-state index in [1.54, 1.807) is 12.4 Å². The van der Waals surface area contributed by atoms with E-state index in [2.05, 4.69) is 48.1 Å². The molecule has 0 spiro atoms. The van der Waals surface area contributed by atoms with E-state index in [-0.39, 0.29) is 5.54 Å². The maximum atomic E-state index is 4.92. The van der Waals surface area contributed by atoms with Gasteiger partial charge < -0.3 is 10.2 Å². The Morgan fingerprint density at radius 2 is 1.96 bits per heavy atom. The lowest BCUT2D eigenvalue weighted by Gasteiger charge is -2.39. The van der Waals surface area contributed by atoms with Crippen LogP contribution >= 0.6 is 0 Å². The molecule has 1 N–H and O–H groups in total. The van der Waals surface area contributed by atoms with E-state index in [9.17, 15) is 0 Å². The van der Waals surface area contributed by atoms with Crippen molar-refractivity contribution in [2.24, 2.45) is 0 Å². The number of imidazole rings is 1. The van der Waals surface area contributed by atoms with E-state index in [4.69, 9.17) is 10.1 Å². The maximum Gasteiger partial charge on any atom is 0.154 e. The first-order valence-electron chi connectivity index (χ1n) is 8.86. The van der Waals surface area contributed by atoms with Crippen molar-refractivity contribution in [3.63, 3.8) is 0 Å². The second-order valence-electron chi connectivity index (χ2n) is 7.19. The third-order valence-corrected chi connectivity index (χ3v) is 4.74. The van der Waals surface area contributed by atoms with Gasteiger partial charge in [-0.15, -0.1) is 5.10 Å². The Balaban J connectivity index is 1.78. The van der Waals surface area contributed by atoms with E-state index in [1.165, 1.54) is 0 Å². The highest BCUT2D eigenvalue weighted by Gasteiger charge is 2.27. The molecule has 6 nitrogen and oxygen atoms in total. The molecule has 0 atom stereocenters. The number of hydrogen-bond donors (Lipinski definition) is 1. The molecule has 130 valence electrons. The number of hydrogen-bond acceptors (Lipinski definition) is 5. The number of anilines is 1. The Kier molecular flexibility index (Phi) is 3.92. The molecular weight excluding hydrogens is 312 g/mol. The molecule has 4 rings (SSSR count). The highest BCUT2D eigenvalue weighted by Crippen LogP contribution is 2.25. The largest absolute Gasteiger partial charge is 0.352 e. The van der Waals surface area contributed by atoms with Crippen LogP contribution in [0.1, 0.15) is 26.5 Å². The lowest BCUT2D eigenvalue weighted by atomic mass is 10.0. The molecule has 3 aromatic heterocycles. The molecule has 0 aliphatic carbocycles. The zero-order valence-corrected chi connectivity index (χ0v) is 15.0. The number of fused-ring (bicyclic) bond motifs is 1. The minimum absolute atomic E-state index is 0.0968. The summed E-state index contributed by atoms with van der Waals surface area (Å²) >= 11 is 0. The molecule has 3 aromatic rings. The van der Waals surface area contributed by atoms with Gasteiger partial charge in [0.15, 0.2) is 5.65 Å². The first-order valence-corrected chi connectivity index (χ1v) is 8.86. The summed E-state index contributed by atoms with van der Waals surface area (Å²) in [5.41, 5.74) is 4.20. The molecule has 0 amide bonds. The van der Waals surface area contributed by atoms with Gasteiger partial charge >= 0.3 is 0 Å². The number of rotatable bonds is 3. The van der Waals surface area contributed by atoms with Gasteiger partial charge in [0.25, 0.3) is 0 Å². The standard InChI is InChI=1S/C19H24N6/c1-4-15-18(14-7-9-20-10-8-14)22-16-5-6-17(23-25(15)16)24-12-11-21-19(2,3)13-24/h5-10,21H,4,11-13H2,1-3H3. The molecule has 1 fully saturated rings. The molecule has 0 bridgehead atoms. The minimum atomic E-state index is 0.0968. The van der Waals surface area contributed by atoms with Crippen molar-refractivity contribution in [2.45, 2.75) is 32.7 Å². The van der Waals surface area contributed by atoms with Gasteiger partial charge in [-0.05, 0) is 44.5 Å². The smallest absolute Gasteiger partial charge is 0.154 e. The highest BCUT2D eigenvalue weighted by molar-refractivity contribution is 5.66. The summed E-state index contributed by atoms with van der Waals surface area (Å²) in [6.45, 7) is 9.49. The second kappa shape index (κ2) is 6.11. The van der Waals surface area contributed by atoms with Crippen molar-refractivity contribution in [1.29, 1.82) is 0 Å². The van der Waals surface area contributed by atoms with Crippen LogP contribution in [0.4, 0.5) is 5.82 Å². The molecule has 0 saturated carbocycles. The van der Waals surface area contributed by atoms with Crippen LogP contribution in [0.3, 0.4) is 0 Å². The number of nitrogens with zero attached hydrogens (tertiary/aromatic N) is 5.